The molecule has 2 aliphatic carbocycles. The van der Waals surface area contributed by atoms with Crippen molar-refractivity contribution >= 4 is 55.6 Å². The molecule has 3 aromatic rings. The lowest BCUT2D eigenvalue weighted by molar-refractivity contribution is -0.113. The van der Waals surface area contributed by atoms with E-state index in [1.807, 2.05) is 0 Å². The van der Waals surface area contributed by atoms with Gasteiger partial charge in [0.15, 0.2) is 5.16 Å². The molecular formula is C25H26N4O2S3. The first-order chi connectivity index (χ1) is 16.5. The van der Waals surface area contributed by atoms with Crippen LogP contribution in [0.2, 0.25) is 0 Å². The van der Waals surface area contributed by atoms with Gasteiger partial charge in [0.25, 0.3) is 5.56 Å². The fourth-order valence-electron chi connectivity index (χ4n) is 4.87. The normalized spacial score (nSPS) is 17.1. The summed E-state index contributed by atoms with van der Waals surface area (Å²) < 4.78 is 1.63. The maximum absolute atomic E-state index is 13.4. The Balaban J connectivity index is 1.38. The van der Waals surface area contributed by atoms with Crippen LogP contribution in [-0.4, -0.2) is 21.2 Å². The number of aryl methyl sites for hydroxylation is 2. The molecule has 1 atom stereocenters. The molecule has 1 unspecified atom stereocenters. The minimum absolute atomic E-state index is 0.0426. The lowest BCUT2D eigenvalue weighted by Gasteiger charge is -2.17. The average Bonchev–Trinajstić information content (AvgIpc) is 3.36. The minimum atomic E-state index is -0.196. The van der Waals surface area contributed by atoms with Crippen molar-refractivity contribution in [3.05, 3.63) is 49.5 Å². The molecule has 3 aromatic heterocycles. The first-order valence-corrected chi connectivity index (χ1v) is 14.2. The van der Waals surface area contributed by atoms with Crippen molar-refractivity contribution in [1.82, 2.24) is 9.55 Å². The minimum Gasteiger partial charge on any atom is -0.316 e. The van der Waals surface area contributed by atoms with Crippen LogP contribution in [0.3, 0.4) is 0 Å². The van der Waals surface area contributed by atoms with Crippen LogP contribution in [0.15, 0.2) is 22.6 Å². The molecule has 0 radical (unpaired) electrons. The average molecular weight is 511 g/mol. The van der Waals surface area contributed by atoms with Crippen LogP contribution >= 0.6 is 34.4 Å². The van der Waals surface area contributed by atoms with Gasteiger partial charge in [0.1, 0.15) is 15.9 Å². The number of rotatable bonds is 6. The quantitative estimate of drug-likeness (QED) is 0.276. The SMILES string of the molecule is C=CCn1c(SCC(=O)Nc2sc3c(c2C#N)CCC(C)C3)nc2sc3c(c2c1=O)CCCC3. The van der Waals surface area contributed by atoms with E-state index in [-0.39, 0.29) is 17.2 Å². The molecule has 0 saturated carbocycles. The smallest absolute Gasteiger partial charge is 0.263 e. The number of thiophene rings is 2. The van der Waals surface area contributed by atoms with Crippen molar-refractivity contribution in [2.45, 2.75) is 63.6 Å². The topological polar surface area (TPSA) is 87.8 Å². The van der Waals surface area contributed by atoms with Crippen molar-refractivity contribution in [2.24, 2.45) is 5.92 Å². The van der Waals surface area contributed by atoms with Crippen LogP contribution in [0.5, 0.6) is 0 Å². The second-order valence-corrected chi connectivity index (χ2v) is 12.1. The lowest BCUT2D eigenvalue weighted by Crippen LogP contribution is -2.24. The number of nitrogens with zero attached hydrogens (tertiary/aromatic N) is 3. The van der Waals surface area contributed by atoms with E-state index >= 15 is 0 Å². The number of hydrogen-bond acceptors (Lipinski definition) is 7. The Kier molecular flexibility index (Phi) is 6.65. The molecule has 0 saturated heterocycles. The van der Waals surface area contributed by atoms with Crippen LogP contribution in [0.4, 0.5) is 5.00 Å². The fourth-order valence-corrected chi connectivity index (χ4v) is 8.36. The molecule has 0 spiro atoms. The summed E-state index contributed by atoms with van der Waals surface area (Å²) in [5.74, 6) is 0.518. The molecule has 9 heteroatoms. The molecule has 2 aliphatic rings. The van der Waals surface area contributed by atoms with E-state index in [9.17, 15) is 14.9 Å². The van der Waals surface area contributed by atoms with Crippen molar-refractivity contribution in [3.63, 3.8) is 0 Å². The number of amides is 1. The molecule has 1 N–H and O–H groups in total. The number of hydrogen-bond donors (Lipinski definition) is 1. The van der Waals surface area contributed by atoms with Crippen LogP contribution in [0.25, 0.3) is 10.2 Å². The largest absolute Gasteiger partial charge is 0.316 e. The summed E-state index contributed by atoms with van der Waals surface area (Å²) in [6.07, 6.45) is 8.80. The molecule has 0 fully saturated rings. The van der Waals surface area contributed by atoms with E-state index in [1.54, 1.807) is 22.0 Å². The standard InChI is InChI=1S/C25H26N4O2S3/c1-3-10-29-24(31)21-16-6-4-5-7-18(16)33-23(21)28-25(29)32-13-20(30)27-22-17(12-26)15-9-8-14(2)11-19(15)34-22/h3,14H,1,4-11,13H2,2H3,(H,27,30). The molecule has 34 heavy (non-hydrogen) atoms. The van der Waals surface area contributed by atoms with Gasteiger partial charge in [-0.15, -0.1) is 29.3 Å². The van der Waals surface area contributed by atoms with E-state index in [1.165, 1.54) is 32.9 Å². The van der Waals surface area contributed by atoms with Crippen LogP contribution in [0.1, 0.15) is 52.6 Å². The third kappa shape index (κ3) is 4.23. The zero-order valence-corrected chi connectivity index (χ0v) is 21.6. The summed E-state index contributed by atoms with van der Waals surface area (Å²) >= 11 is 4.40. The Morgan fingerprint density at radius 1 is 1.29 bits per heavy atom. The van der Waals surface area contributed by atoms with Gasteiger partial charge in [-0.05, 0) is 62.0 Å². The molecule has 0 aliphatic heterocycles. The summed E-state index contributed by atoms with van der Waals surface area (Å²) in [6.45, 7) is 6.37. The van der Waals surface area contributed by atoms with Crippen LogP contribution < -0.4 is 10.9 Å². The molecular weight excluding hydrogens is 485 g/mol. The van der Waals surface area contributed by atoms with Gasteiger partial charge in [-0.3, -0.25) is 14.2 Å². The third-order valence-corrected chi connectivity index (χ3v) is 9.89. The number of nitrogens with one attached hydrogen (secondary N) is 1. The second-order valence-electron chi connectivity index (χ2n) is 8.99. The number of fused-ring (bicyclic) bond motifs is 4. The van der Waals surface area contributed by atoms with Gasteiger partial charge in [-0.1, -0.05) is 24.8 Å². The fraction of sp³-hybridized carbons (Fsp3) is 0.440. The monoisotopic (exact) mass is 510 g/mol. The van der Waals surface area contributed by atoms with Gasteiger partial charge in [-0.2, -0.15) is 5.26 Å². The molecule has 0 aromatic carbocycles. The Morgan fingerprint density at radius 3 is 2.91 bits per heavy atom. The number of nitriles is 1. The highest BCUT2D eigenvalue weighted by Crippen LogP contribution is 2.39. The number of carbonyl (C=O) groups excluding carboxylic acids is 1. The Bertz CT molecular complexity index is 1390. The summed E-state index contributed by atoms with van der Waals surface area (Å²) in [5.41, 5.74) is 2.83. The summed E-state index contributed by atoms with van der Waals surface area (Å²) in [5, 5.41) is 14.6. The van der Waals surface area contributed by atoms with Gasteiger partial charge >= 0.3 is 0 Å². The number of carbonyl (C=O) groups is 1. The van der Waals surface area contributed by atoms with Crippen molar-refractivity contribution in [2.75, 3.05) is 11.1 Å². The number of allylic oxidation sites excluding steroid dienone is 1. The van der Waals surface area contributed by atoms with Gasteiger partial charge in [-0.25, -0.2) is 4.98 Å². The van der Waals surface area contributed by atoms with Crippen molar-refractivity contribution in [3.8, 4) is 6.07 Å². The van der Waals surface area contributed by atoms with Crippen molar-refractivity contribution in [1.29, 1.82) is 5.26 Å². The predicted molar refractivity (Wildman–Crippen MR) is 140 cm³/mol. The number of anilines is 1. The second kappa shape index (κ2) is 9.68. The zero-order valence-electron chi connectivity index (χ0n) is 19.1. The lowest BCUT2D eigenvalue weighted by atomic mass is 9.89. The Morgan fingerprint density at radius 2 is 2.12 bits per heavy atom. The van der Waals surface area contributed by atoms with Gasteiger partial charge < -0.3 is 5.32 Å². The van der Waals surface area contributed by atoms with E-state index in [0.717, 1.165) is 66.3 Å². The maximum Gasteiger partial charge on any atom is 0.263 e. The highest BCUT2D eigenvalue weighted by Gasteiger charge is 2.25. The highest BCUT2D eigenvalue weighted by atomic mass is 32.2. The van der Waals surface area contributed by atoms with E-state index in [0.29, 0.717) is 28.2 Å². The Hall–Kier alpha value is -2.41. The zero-order chi connectivity index (χ0) is 23.8. The van der Waals surface area contributed by atoms with Gasteiger partial charge in [0.05, 0.1) is 16.7 Å². The highest BCUT2D eigenvalue weighted by molar-refractivity contribution is 7.99. The van der Waals surface area contributed by atoms with E-state index in [4.69, 9.17) is 4.98 Å². The molecule has 176 valence electrons. The molecule has 3 heterocycles. The number of thioether (sulfide) groups is 1. The van der Waals surface area contributed by atoms with Crippen LogP contribution in [0, 0.1) is 17.2 Å². The molecule has 1 amide bonds. The number of aromatic nitrogens is 2. The first-order valence-electron chi connectivity index (χ1n) is 11.6. The van der Waals surface area contributed by atoms with Gasteiger partial charge in [0.2, 0.25) is 5.91 Å². The van der Waals surface area contributed by atoms with Gasteiger partial charge in [0, 0.05) is 16.3 Å². The van der Waals surface area contributed by atoms with Crippen LogP contribution in [-0.2, 0) is 37.0 Å². The molecule has 6 nitrogen and oxygen atoms in total. The first kappa shape index (κ1) is 23.3. The predicted octanol–water partition coefficient (Wildman–Crippen LogP) is 5.31. The summed E-state index contributed by atoms with van der Waals surface area (Å²) in [7, 11) is 0. The summed E-state index contributed by atoms with van der Waals surface area (Å²) in [6, 6.07) is 2.30. The molecule has 0 bridgehead atoms. The third-order valence-electron chi connectivity index (χ3n) is 6.56. The van der Waals surface area contributed by atoms with E-state index < -0.39 is 0 Å². The Labute approximate surface area is 210 Å². The van der Waals surface area contributed by atoms with Crippen molar-refractivity contribution < 1.29 is 4.79 Å². The maximum atomic E-state index is 13.4. The molecule has 5 rings (SSSR count). The summed E-state index contributed by atoms with van der Waals surface area (Å²) in [4.78, 5) is 34.3. The van der Waals surface area contributed by atoms with E-state index in [2.05, 4.69) is 24.9 Å².